The lowest BCUT2D eigenvalue weighted by Crippen LogP contribution is -2.36. The van der Waals surface area contributed by atoms with Crippen LogP contribution in [0.15, 0.2) is 79.0 Å². The summed E-state index contributed by atoms with van der Waals surface area (Å²) < 4.78 is 0. The van der Waals surface area contributed by atoms with E-state index in [9.17, 15) is 4.79 Å². The number of carbonyl (C=O) groups excluding carboxylic acids is 1. The molecule has 1 aromatic heterocycles. The van der Waals surface area contributed by atoms with Gasteiger partial charge in [-0.3, -0.25) is 15.1 Å². The summed E-state index contributed by atoms with van der Waals surface area (Å²) in [4.78, 5) is 16.7. The molecule has 5 heteroatoms. The number of pyridine rings is 1. The average Bonchev–Trinajstić information content (AvgIpc) is 2.69. The fourth-order valence-corrected chi connectivity index (χ4v) is 2.77. The molecule has 2 N–H and O–H groups in total. The van der Waals surface area contributed by atoms with Gasteiger partial charge in [0, 0.05) is 17.8 Å². The third-order valence-electron chi connectivity index (χ3n) is 3.99. The van der Waals surface area contributed by atoms with Crippen molar-refractivity contribution in [3.63, 3.8) is 0 Å². The van der Waals surface area contributed by atoms with E-state index in [1.807, 2.05) is 72.8 Å². The molecule has 0 spiro atoms. The lowest BCUT2D eigenvalue weighted by Gasteiger charge is -2.18. The Morgan fingerprint density at radius 2 is 1.69 bits per heavy atom. The van der Waals surface area contributed by atoms with Gasteiger partial charge in [0.1, 0.15) is 0 Å². The second-order valence-electron chi connectivity index (χ2n) is 5.88. The van der Waals surface area contributed by atoms with Crippen LogP contribution in [0.5, 0.6) is 0 Å². The molecule has 0 aliphatic rings. The maximum Gasteiger partial charge on any atom is 0.234 e. The fraction of sp³-hybridized carbons (Fsp3) is 0.143. The first-order chi connectivity index (χ1) is 12.7. The van der Waals surface area contributed by atoms with Crippen molar-refractivity contribution in [2.45, 2.75) is 12.6 Å². The number of halogens is 1. The van der Waals surface area contributed by atoms with E-state index < -0.39 is 0 Å². The Morgan fingerprint density at radius 3 is 2.38 bits per heavy atom. The number of amides is 1. The van der Waals surface area contributed by atoms with Crippen molar-refractivity contribution >= 4 is 17.5 Å². The minimum Gasteiger partial charge on any atom is -0.351 e. The number of hydrogen-bond acceptors (Lipinski definition) is 3. The SMILES string of the molecule is O=C(CNC(c1ccccc1)c1ccccn1)NCc1ccc(Cl)cc1. The van der Waals surface area contributed by atoms with Crippen molar-refractivity contribution in [2.75, 3.05) is 6.54 Å². The maximum absolute atomic E-state index is 12.2. The highest BCUT2D eigenvalue weighted by molar-refractivity contribution is 6.30. The van der Waals surface area contributed by atoms with Crippen molar-refractivity contribution in [2.24, 2.45) is 0 Å². The largest absolute Gasteiger partial charge is 0.351 e. The molecular weight excluding hydrogens is 346 g/mol. The topological polar surface area (TPSA) is 54.0 Å². The van der Waals surface area contributed by atoms with E-state index in [-0.39, 0.29) is 18.5 Å². The van der Waals surface area contributed by atoms with E-state index in [4.69, 9.17) is 11.6 Å². The molecule has 0 aliphatic carbocycles. The van der Waals surface area contributed by atoms with Crippen LogP contribution in [0.1, 0.15) is 22.9 Å². The molecule has 132 valence electrons. The van der Waals surface area contributed by atoms with Gasteiger partial charge in [-0.2, -0.15) is 0 Å². The van der Waals surface area contributed by atoms with Crippen LogP contribution in [0.2, 0.25) is 5.02 Å². The van der Waals surface area contributed by atoms with Gasteiger partial charge in [-0.25, -0.2) is 0 Å². The lowest BCUT2D eigenvalue weighted by atomic mass is 10.0. The zero-order chi connectivity index (χ0) is 18.2. The molecule has 0 bridgehead atoms. The van der Waals surface area contributed by atoms with Gasteiger partial charge in [-0.1, -0.05) is 60.1 Å². The highest BCUT2D eigenvalue weighted by Crippen LogP contribution is 2.19. The summed E-state index contributed by atoms with van der Waals surface area (Å²) >= 11 is 5.87. The summed E-state index contributed by atoms with van der Waals surface area (Å²) in [5.74, 6) is -0.0724. The zero-order valence-corrected chi connectivity index (χ0v) is 15.0. The molecule has 4 nitrogen and oxygen atoms in total. The van der Waals surface area contributed by atoms with Gasteiger partial charge >= 0.3 is 0 Å². The van der Waals surface area contributed by atoms with Crippen LogP contribution < -0.4 is 10.6 Å². The van der Waals surface area contributed by atoms with Gasteiger partial charge in [-0.15, -0.1) is 0 Å². The molecule has 3 rings (SSSR count). The Hall–Kier alpha value is -2.69. The first kappa shape index (κ1) is 18.1. The predicted molar refractivity (Wildman–Crippen MR) is 104 cm³/mol. The van der Waals surface area contributed by atoms with E-state index in [1.165, 1.54) is 0 Å². The van der Waals surface area contributed by atoms with E-state index in [0.29, 0.717) is 11.6 Å². The monoisotopic (exact) mass is 365 g/mol. The number of rotatable bonds is 7. The summed E-state index contributed by atoms with van der Waals surface area (Å²) in [5.41, 5.74) is 2.95. The third-order valence-corrected chi connectivity index (χ3v) is 4.24. The van der Waals surface area contributed by atoms with Gasteiger partial charge in [0.15, 0.2) is 0 Å². The minimum atomic E-state index is -0.140. The second-order valence-corrected chi connectivity index (χ2v) is 6.32. The molecule has 0 saturated carbocycles. The Kier molecular flexibility index (Phi) is 6.36. The Bertz CT molecular complexity index is 783. The average molecular weight is 366 g/mol. The number of nitrogens with zero attached hydrogens (tertiary/aromatic N) is 1. The van der Waals surface area contributed by atoms with Crippen molar-refractivity contribution in [3.8, 4) is 0 Å². The molecule has 0 aliphatic heterocycles. The maximum atomic E-state index is 12.2. The second kappa shape index (κ2) is 9.13. The molecule has 0 radical (unpaired) electrons. The Labute approximate surface area is 158 Å². The van der Waals surface area contributed by atoms with Crippen LogP contribution in [-0.4, -0.2) is 17.4 Å². The molecule has 2 aromatic carbocycles. The van der Waals surface area contributed by atoms with Gasteiger partial charge < -0.3 is 5.32 Å². The number of aromatic nitrogens is 1. The van der Waals surface area contributed by atoms with Crippen LogP contribution in [0.25, 0.3) is 0 Å². The first-order valence-corrected chi connectivity index (χ1v) is 8.80. The van der Waals surface area contributed by atoms with Crippen LogP contribution in [0.4, 0.5) is 0 Å². The van der Waals surface area contributed by atoms with Crippen LogP contribution >= 0.6 is 11.6 Å². The molecule has 1 amide bonds. The van der Waals surface area contributed by atoms with Crippen molar-refractivity contribution < 1.29 is 4.79 Å². The summed E-state index contributed by atoms with van der Waals surface area (Å²) in [7, 11) is 0. The Balaban J connectivity index is 1.60. The van der Waals surface area contributed by atoms with E-state index in [0.717, 1.165) is 16.8 Å². The van der Waals surface area contributed by atoms with Crippen LogP contribution in [0, 0.1) is 0 Å². The lowest BCUT2D eigenvalue weighted by molar-refractivity contribution is -0.120. The number of nitrogens with one attached hydrogen (secondary N) is 2. The quantitative estimate of drug-likeness (QED) is 0.670. The van der Waals surface area contributed by atoms with Gasteiger partial charge in [0.05, 0.1) is 18.3 Å². The summed E-state index contributed by atoms with van der Waals surface area (Å²) in [5, 5.41) is 6.90. The highest BCUT2D eigenvalue weighted by Gasteiger charge is 2.15. The summed E-state index contributed by atoms with van der Waals surface area (Å²) in [6, 6.07) is 23.0. The van der Waals surface area contributed by atoms with E-state index >= 15 is 0 Å². The van der Waals surface area contributed by atoms with Crippen molar-refractivity contribution in [1.82, 2.24) is 15.6 Å². The predicted octanol–water partition coefficient (Wildman–Crippen LogP) is 3.73. The first-order valence-electron chi connectivity index (χ1n) is 8.43. The molecule has 1 unspecified atom stereocenters. The standard InChI is InChI=1S/C21H20ClN3O/c22-18-11-9-16(10-12-18)14-24-20(26)15-25-21(17-6-2-1-3-7-17)19-8-4-5-13-23-19/h1-13,21,25H,14-15H2,(H,24,26). The minimum absolute atomic E-state index is 0.0724. The molecule has 1 atom stereocenters. The Morgan fingerprint density at radius 1 is 0.962 bits per heavy atom. The third kappa shape index (κ3) is 5.15. The van der Waals surface area contributed by atoms with Gasteiger partial charge in [0.2, 0.25) is 5.91 Å². The normalized spacial score (nSPS) is 11.7. The highest BCUT2D eigenvalue weighted by atomic mass is 35.5. The molecule has 3 aromatic rings. The zero-order valence-electron chi connectivity index (χ0n) is 14.2. The summed E-state index contributed by atoms with van der Waals surface area (Å²) in [6.07, 6.45) is 1.76. The number of carbonyl (C=O) groups is 1. The molecule has 0 fully saturated rings. The van der Waals surface area contributed by atoms with Gasteiger partial charge in [0.25, 0.3) is 0 Å². The molecule has 0 saturated heterocycles. The molecule has 26 heavy (non-hydrogen) atoms. The fourth-order valence-electron chi connectivity index (χ4n) is 2.65. The van der Waals surface area contributed by atoms with Gasteiger partial charge in [-0.05, 0) is 35.4 Å². The van der Waals surface area contributed by atoms with Crippen molar-refractivity contribution in [3.05, 3.63) is 101 Å². The van der Waals surface area contributed by atoms with Crippen LogP contribution in [-0.2, 0) is 11.3 Å². The van der Waals surface area contributed by atoms with Crippen molar-refractivity contribution in [1.29, 1.82) is 0 Å². The number of hydrogen-bond donors (Lipinski definition) is 2. The van der Waals surface area contributed by atoms with E-state index in [2.05, 4.69) is 15.6 Å². The molecular formula is C21H20ClN3O. The smallest absolute Gasteiger partial charge is 0.234 e. The summed E-state index contributed by atoms with van der Waals surface area (Å²) in [6.45, 7) is 0.668. The van der Waals surface area contributed by atoms with E-state index in [1.54, 1.807) is 6.20 Å². The number of benzene rings is 2. The van der Waals surface area contributed by atoms with Crippen LogP contribution in [0.3, 0.4) is 0 Å². The molecule has 1 heterocycles.